The lowest BCUT2D eigenvalue weighted by Crippen LogP contribution is -2.10. The van der Waals surface area contributed by atoms with E-state index in [0.717, 1.165) is 35.1 Å². The molecule has 1 aromatic heterocycles. The lowest BCUT2D eigenvalue weighted by atomic mass is 9.80. The van der Waals surface area contributed by atoms with Crippen molar-refractivity contribution < 1.29 is 23.2 Å². The number of aryl methyl sites for hydroxylation is 1. The molecule has 6 heteroatoms. The van der Waals surface area contributed by atoms with Crippen LogP contribution in [0, 0.1) is 11.2 Å². The summed E-state index contributed by atoms with van der Waals surface area (Å²) in [7, 11) is 1.55. The average Bonchev–Trinajstić information content (AvgIpc) is 3.69. The van der Waals surface area contributed by atoms with E-state index in [2.05, 4.69) is 25.1 Å². The summed E-state index contributed by atoms with van der Waals surface area (Å²) >= 11 is 0. The summed E-state index contributed by atoms with van der Waals surface area (Å²) in [6.45, 7) is 6.56. The van der Waals surface area contributed by atoms with Gasteiger partial charge in [-0.3, -0.25) is 4.79 Å². The van der Waals surface area contributed by atoms with Crippen molar-refractivity contribution in [2.24, 2.45) is 5.41 Å². The first-order valence-corrected chi connectivity index (χ1v) is 13.8. The molecule has 0 saturated heterocycles. The summed E-state index contributed by atoms with van der Waals surface area (Å²) in [4.78, 5) is 11.7. The molecule has 39 heavy (non-hydrogen) atoms. The van der Waals surface area contributed by atoms with Crippen molar-refractivity contribution in [2.75, 3.05) is 13.7 Å². The maximum Gasteiger partial charge on any atom is 0.306 e. The Balaban J connectivity index is 0.00000110. The number of carbonyl (C=O) groups excluding carboxylic acids is 1. The van der Waals surface area contributed by atoms with Crippen LogP contribution in [-0.2, 0) is 16.0 Å². The Hall–Kier alpha value is -3.67. The summed E-state index contributed by atoms with van der Waals surface area (Å²) in [6.07, 6.45) is 13.4. The largest absolute Gasteiger partial charge is 0.497 e. The fourth-order valence-corrected chi connectivity index (χ4v) is 4.61. The first-order chi connectivity index (χ1) is 18.8. The van der Waals surface area contributed by atoms with Crippen LogP contribution < -0.4 is 4.74 Å². The Morgan fingerprint density at radius 1 is 1.13 bits per heavy atom. The fourth-order valence-electron chi connectivity index (χ4n) is 4.61. The van der Waals surface area contributed by atoms with Gasteiger partial charge < -0.3 is 14.0 Å². The molecule has 0 radical (unpaired) electrons. The number of benzene rings is 2. The van der Waals surface area contributed by atoms with E-state index in [1.54, 1.807) is 26.2 Å². The van der Waals surface area contributed by atoms with Crippen molar-refractivity contribution >= 4 is 23.7 Å². The summed E-state index contributed by atoms with van der Waals surface area (Å²) in [5.41, 5.74) is 4.64. The lowest BCUT2D eigenvalue weighted by molar-refractivity contribution is -0.143. The van der Waals surface area contributed by atoms with Crippen molar-refractivity contribution in [1.29, 1.82) is 0 Å². The van der Waals surface area contributed by atoms with Crippen LogP contribution in [0.4, 0.5) is 4.39 Å². The highest BCUT2D eigenvalue weighted by Gasteiger charge is 2.34. The van der Waals surface area contributed by atoms with E-state index in [0.29, 0.717) is 42.2 Å². The van der Waals surface area contributed by atoms with Gasteiger partial charge in [-0.25, -0.2) is 4.39 Å². The lowest BCUT2D eigenvalue weighted by Gasteiger charge is -2.22. The van der Waals surface area contributed by atoms with E-state index in [1.807, 2.05) is 36.4 Å². The van der Waals surface area contributed by atoms with Gasteiger partial charge >= 0.3 is 5.97 Å². The van der Waals surface area contributed by atoms with Crippen LogP contribution in [0.5, 0.6) is 5.75 Å². The van der Waals surface area contributed by atoms with E-state index in [9.17, 15) is 9.18 Å². The van der Waals surface area contributed by atoms with Crippen LogP contribution in [0.1, 0.15) is 81.7 Å². The zero-order valence-corrected chi connectivity index (χ0v) is 23.4. The van der Waals surface area contributed by atoms with Crippen LogP contribution >= 0.6 is 0 Å². The Morgan fingerprint density at radius 2 is 1.92 bits per heavy atom. The standard InChI is InChI=1S/C30H32FNO4.C3H6/c1-5-35-27(33)16-12-21-9-6-8-20(18-21)11-15-26-28(24-10-7-17-30(24,2)3)29(32-36-26)23-19-22(34-4)13-14-25(23)31;1-2-3-1/h6,8-11,13-15,18-19H,5,7,12,16-17H2,1-4H3;1-3H2/b15-11-;. The molecule has 0 spiro atoms. The van der Waals surface area contributed by atoms with E-state index in [4.69, 9.17) is 14.0 Å². The van der Waals surface area contributed by atoms with Crippen molar-refractivity contribution in [2.45, 2.75) is 65.7 Å². The molecule has 1 heterocycles. The van der Waals surface area contributed by atoms with Crippen molar-refractivity contribution in [3.05, 3.63) is 76.8 Å². The topological polar surface area (TPSA) is 61.6 Å². The minimum atomic E-state index is -0.383. The summed E-state index contributed by atoms with van der Waals surface area (Å²) in [5.74, 6) is 0.545. The second kappa shape index (κ2) is 12.9. The Morgan fingerprint density at radius 3 is 2.59 bits per heavy atom. The molecule has 5 nitrogen and oxygen atoms in total. The summed E-state index contributed by atoms with van der Waals surface area (Å²) in [6, 6.07) is 12.6. The molecule has 0 atom stereocenters. The van der Waals surface area contributed by atoms with Crippen molar-refractivity contribution in [1.82, 2.24) is 5.16 Å². The number of aromatic nitrogens is 1. The second-order valence-electron chi connectivity index (χ2n) is 10.6. The fraction of sp³-hybridized carbons (Fsp3) is 0.394. The van der Waals surface area contributed by atoms with Gasteiger partial charge in [0.2, 0.25) is 0 Å². The van der Waals surface area contributed by atoms with E-state index < -0.39 is 0 Å². The van der Waals surface area contributed by atoms with Gasteiger partial charge in [-0.15, -0.1) is 0 Å². The Labute approximate surface area is 230 Å². The number of ether oxygens (including phenoxy) is 2. The number of methoxy groups -OCH3 is 1. The molecule has 0 amide bonds. The van der Waals surface area contributed by atoms with Crippen molar-refractivity contribution in [3.63, 3.8) is 0 Å². The minimum absolute atomic E-state index is 0.0920. The smallest absolute Gasteiger partial charge is 0.306 e. The molecule has 2 aliphatic carbocycles. The van der Waals surface area contributed by atoms with Crippen molar-refractivity contribution in [3.8, 4) is 17.0 Å². The monoisotopic (exact) mass is 531 g/mol. The molecular weight excluding hydrogens is 493 g/mol. The molecule has 2 aromatic carbocycles. The first kappa shape index (κ1) is 28.3. The van der Waals surface area contributed by atoms with Crippen LogP contribution in [0.25, 0.3) is 29.0 Å². The predicted octanol–water partition coefficient (Wildman–Crippen LogP) is 8.53. The number of hydrogen-bond donors (Lipinski definition) is 0. The molecule has 206 valence electrons. The molecule has 0 bridgehead atoms. The maximum absolute atomic E-state index is 14.9. The van der Waals surface area contributed by atoms with Crippen LogP contribution in [-0.4, -0.2) is 24.8 Å². The molecular formula is C33H38FNO4. The number of halogens is 1. The summed E-state index contributed by atoms with van der Waals surface area (Å²) < 4.78 is 31.1. The first-order valence-electron chi connectivity index (χ1n) is 13.8. The third-order valence-corrected chi connectivity index (χ3v) is 6.92. The predicted molar refractivity (Wildman–Crippen MR) is 154 cm³/mol. The molecule has 2 aliphatic rings. The van der Waals surface area contributed by atoms with Gasteiger partial charge in [-0.05, 0) is 72.6 Å². The molecule has 3 aromatic rings. The number of allylic oxidation sites excluding steroid dienone is 2. The van der Waals surface area contributed by atoms with Gasteiger partial charge in [0.1, 0.15) is 17.3 Å². The van der Waals surface area contributed by atoms with Gasteiger partial charge in [0.15, 0.2) is 5.76 Å². The number of carbonyl (C=O) groups is 1. The van der Waals surface area contributed by atoms with Gasteiger partial charge in [-0.1, -0.05) is 74.7 Å². The molecule has 0 unspecified atom stereocenters. The number of rotatable bonds is 9. The molecule has 1 fully saturated rings. The van der Waals surface area contributed by atoms with Gasteiger partial charge in [-0.2, -0.15) is 0 Å². The third-order valence-electron chi connectivity index (χ3n) is 6.92. The van der Waals surface area contributed by atoms with Gasteiger partial charge in [0, 0.05) is 12.0 Å². The van der Waals surface area contributed by atoms with Crippen LogP contribution in [0.15, 0.2) is 53.1 Å². The molecule has 1 saturated carbocycles. The zero-order valence-electron chi connectivity index (χ0n) is 23.4. The van der Waals surface area contributed by atoms with Gasteiger partial charge in [0.25, 0.3) is 0 Å². The van der Waals surface area contributed by atoms with E-state index in [1.165, 1.54) is 25.3 Å². The van der Waals surface area contributed by atoms with Crippen LogP contribution in [0.2, 0.25) is 0 Å². The van der Waals surface area contributed by atoms with E-state index in [-0.39, 0.29) is 17.2 Å². The zero-order chi connectivity index (χ0) is 27.8. The Kier molecular flexibility index (Phi) is 9.39. The number of nitrogens with zero attached hydrogens (tertiary/aromatic N) is 1. The SMILES string of the molecule is C1CC1.CCOC(=O)CCc1cccc(/C=C\c2onc(-c3cc(OC)ccc3F)c2C2=CCCC2(C)C)c1. The van der Waals surface area contributed by atoms with Gasteiger partial charge in [0.05, 0.1) is 19.3 Å². The minimum Gasteiger partial charge on any atom is -0.497 e. The van der Waals surface area contributed by atoms with E-state index >= 15 is 0 Å². The highest BCUT2D eigenvalue weighted by atomic mass is 19.1. The highest BCUT2D eigenvalue weighted by molar-refractivity contribution is 5.88. The number of esters is 1. The Bertz CT molecular complexity index is 1350. The highest BCUT2D eigenvalue weighted by Crippen LogP contribution is 2.48. The molecule has 5 rings (SSSR count). The average molecular weight is 532 g/mol. The maximum atomic E-state index is 14.9. The number of hydrogen-bond acceptors (Lipinski definition) is 5. The third kappa shape index (κ3) is 7.47. The molecule has 0 aliphatic heterocycles. The quantitative estimate of drug-likeness (QED) is 0.259. The van der Waals surface area contributed by atoms with Crippen LogP contribution in [0.3, 0.4) is 0 Å². The second-order valence-corrected chi connectivity index (χ2v) is 10.6. The molecule has 0 N–H and O–H groups in total. The normalized spacial score (nSPS) is 15.5. The summed E-state index contributed by atoms with van der Waals surface area (Å²) in [5, 5.41) is 4.31.